The van der Waals surface area contributed by atoms with Gasteiger partial charge in [0.05, 0.1) is 12.8 Å². The van der Waals surface area contributed by atoms with Crippen LogP contribution in [0.15, 0.2) is 52.4 Å². The van der Waals surface area contributed by atoms with Crippen LogP contribution in [0.2, 0.25) is 0 Å². The van der Waals surface area contributed by atoms with Crippen LogP contribution < -0.4 is 15.2 Å². The average molecular weight is 376 g/mol. The van der Waals surface area contributed by atoms with Crippen LogP contribution in [0.25, 0.3) is 5.65 Å². The van der Waals surface area contributed by atoms with E-state index in [1.807, 2.05) is 43.3 Å². The highest BCUT2D eigenvalue weighted by Gasteiger charge is 2.20. The van der Waals surface area contributed by atoms with Crippen molar-refractivity contribution < 1.29 is 4.74 Å². The maximum absolute atomic E-state index is 13.3. The van der Waals surface area contributed by atoms with Gasteiger partial charge in [-0.15, -0.1) is 0 Å². The summed E-state index contributed by atoms with van der Waals surface area (Å²) in [6, 6.07) is 11.3. The van der Waals surface area contributed by atoms with Crippen LogP contribution in [-0.2, 0) is 0 Å². The van der Waals surface area contributed by atoms with Crippen molar-refractivity contribution in [3.8, 4) is 5.75 Å². The lowest BCUT2D eigenvalue weighted by Gasteiger charge is -2.29. The summed E-state index contributed by atoms with van der Waals surface area (Å²) in [5.41, 5.74) is 2.89. The van der Waals surface area contributed by atoms with Gasteiger partial charge in [-0.3, -0.25) is 14.2 Å². The highest BCUT2D eigenvalue weighted by atomic mass is 16.5. The molecule has 0 N–H and O–H groups in total. The standard InChI is InChI=1S/C22H24N4O2/c1-16-7-6-14-26-20(16)24-21(25-12-4-3-5-13-25)19(22(26)27)15-23-17-8-10-18(28-2)11-9-17/h6-11,14-15H,3-5,12-13H2,1-2H3. The minimum absolute atomic E-state index is 0.0912. The third-order valence-corrected chi connectivity index (χ3v) is 5.13. The maximum Gasteiger partial charge on any atom is 0.268 e. The Labute approximate surface area is 164 Å². The molecule has 3 heterocycles. The summed E-state index contributed by atoms with van der Waals surface area (Å²) in [7, 11) is 1.63. The lowest BCUT2D eigenvalue weighted by Crippen LogP contribution is -2.34. The largest absolute Gasteiger partial charge is 0.497 e. The fourth-order valence-corrected chi connectivity index (χ4v) is 3.57. The molecule has 6 heteroatoms. The monoisotopic (exact) mass is 376 g/mol. The van der Waals surface area contributed by atoms with Gasteiger partial charge < -0.3 is 9.64 Å². The van der Waals surface area contributed by atoms with E-state index in [1.54, 1.807) is 23.9 Å². The van der Waals surface area contributed by atoms with Crippen molar-refractivity contribution in [2.75, 3.05) is 25.1 Å². The number of benzene rings is 1. The number of rotatable bonds is 4. The van der Waals surface area contributed by atoms with Crippen LogP contribution in [0, 0.1) is 6.92 Å². The fraction of sp³-hybridized carbons (Fsp3) is 0.318. The summed E-state index contributed by atoms with van der Waals surface area (Å²) in [6.45, 7) is 3.81. The minimum atomic E-state index is -0.0912. The summed E-state index contributed by atoms with van der Waals surface area (Å²) < 4.78 is 6.80. The minimum Gasteiger partial charge on any atom is -0.497 e. The second-order valence-electron chi connectivity index (χ2n) is 7.04. The lowest BCUT2D eigenvalue weighted by molar-refractivity contribution is 0.415. The number of ether oxygens (including phenoxy) is 1. The number of aromatic nitrogens is 2. The first-order valence-corrected chi connectivity index (χ1v) is 9.62. The molecule has 0 atom stereocenters. The second kappa shape index (κ2) is 7.84. The van der Waals surface area contributed by atoms with E-state index >= 15 is 0 Å². The van der Waals surface area contributed by atoms with Gasteiger partial charge in [0, 0.05) is 25.5 Å². The predicted octanol–water partition coefficient (Wildman–Crippen LogP) is 3.75. The fourth-order valence-electron chi connectivity index (χ4n) is 3.57. The Morgan fingerprint density at radius 2 is 1.86 bits per heavy atom. The Morgan fingerprint density at radius 3 is 2.57 bits per heavy atom. The van der Waals surface area contributed by atoms with Crippen molar-refractivity contribution in [3.05, 3.63) is 64.1 Å². The molecule has 1 fully saturated rings. The number of fused-ring (bicyclic) bond motifs is 1. The maximum atomic E-state index is 13.3. The Morgan fingerprint density at radius 1 is 1.11 bits per heavy atom. The molecule has 0 saturated carbocycles. The molecule has 3 aromatic rings. The quantitative estimate of drug-likeness (QED) is 0.651. The van der Waals surface area contributed by atoms with Gasteiger partial charge in [0.1, 0.15) is 22.8 Å². The zero-order chi connectivity index (χ0) is 19.5. The summed E-state index contributed by atoms with van der Waals surface area (Å²) in [4.78, 5) is 24.9. The first-order valence-electron chi connectivity index (χ1n) is 9.62. The van der Waals surface area contributed by atoms with Gasteiger partial charge in [0.15, 0.2) is 0 Å². The van der Waals surface area contributed by atoms with Crippen LogP contribution in [0.5, 0.6) is 5.75 Å². The molecule has 2 aromatic heterocycles. The van der Waals surface area contributed by atoms with Crippen LogP contribution in [-0.4, -0.2) is 35.8 Å². The van der Waals surface area contributed by atoms with E-state index in [0.717, 1.165) is 48.7 Å². The third-order valence-electron chi connectivity index (χ3n) is 5.13. The summed E-state index contributed by atoms with van der Waals surface area (Å²) in [5.74, 6) is 1.51. The van der Waals surface area contributed by atoms with E-state index < -0.39 is 0 Å². The average Bonchev–Trinajstić information content (AvgIpc) is 2.74. The topological polar surface area (TPSA) is 59.2 Å². The van der Waals surface area contributed by atoms with Gasteiger partial charge in [-0.1, -0.05) is 6.07 Å². The third kappa shape index (κ3) is 3.50. The van der Waals surface area contributed by atoms with E-state index in [-0.39, 0.29) is 5.56 Å². The first-order chi connectivity index (χ1) is 13.7. The molecule has 0 unspecified atom stereocenters. The Kier molecular flexibility index (Phi) is 5.10. The van der Waals surface area contributed by atoms with Gasteiger partial charge >= 0.3 is 0 Å². The zero-order valence-corrected chi connectivity index (χ0v) is 16.3. The number of piperidine rings is 1. The molecule has 28 heavy (non-hydrogen) atoms. The zero-order valence-electron chi connectivity index (χ0n) is 16.3. The van der Waals surface area contributed by atoms with E-state index in [1.165, 1.54) is 6.42 Å². The number of anilines is 1. The molecule has 4 rings (SSSR count). The molecule has 1 aromatic carbocycles. The normalized spacial score (nSPS) is 14.7. The van der Waals surface area contributed by atoms with Crippen molar-refractivity contribution in [3.63, 3.8) is 0 Å². The number of hydrogen-bond donors (Lipinski definition) is 0. The van der Waals surface area contributed by atoms with Gasteiger partial charge in [0.2, 0.25) is 0 Å². The molecule has 0 amide bonds. The van der Waals surface area contributed by atoms with Gasteiger partial charge in [-0.25, -0.2) is 4.98 Å². The van der Waals surface area contributed by atoms with E-state index in [9.17, 15) is 4.79 Å². The highest BCUT2D eigenvalue weighted by molar-refractivity contribution is 5.88. The van der Waals surface area contributed by atoms with Crippen molar-refractivity contribution >= 4 is 23.4 Å². The molecule has 1 aliphatic heterocycles. The number of methoxy groups -OCH3 is 1. The van der Waals surface area contributed by atoms with Crippen LogP contribution in [0.3, 0.4) is 0 Å². The summed E-state index contributed by atoms with van der Waals surface area (Å²) in [6.07, 6.45) is 6.86. The van der Waals surface area contributed by atoms with Gasteiger partial charge in [-0.2, -0.15) is 0 Å². The van der Waals surface area contributed by atoms with Crippen molar-refractivity contribution in [2.24, 2.45) is 4.99 Å². The van der Waals surface area contributed by atoms with Crippen molar-refractivity contribution in [2.45, 2.75) is 26.2 Å². The van der Waals surface area contributed by atoms with Crippen molar-refractivity contribution in [1.29, 1.82) is 0 Å². The number of aryl methyl sites for hydroxylation is 1. The number of aliphatic imine (C=N–C) groups is 1. The smallest absolute Gasteiger partial charge is 0.268 e. The SMILES string of the molecule is COc1ccc(N=Cc2c(N3CCCCC3)nc3c(C)cccn3c2=O)cc1. The second-order valence-corrected chi connectivity index (χ2v) is 7.04. The summed E-state index contributed by atoms with van der Waals surface area (Å²) in [5, 5.41) is 0. The molecule has 0 spiro atoms. The Hall–Kier alpha value is -3.15. The van der Waals surface area contributed by atoms with Crippen LogP contribution in [0.1, 0.15) is 30.4 Å². The molecule has 0 bridgehead atoms. The van der Waals surface area contributed by atoms with Crippen LogP contribution in [0.4, 0.5) is 11.5 Å². The molecule has 144 valence electrons. The van der Waals surface area contributed by atoms with E-state index in [2.05, 4.69) is 9.89 Å². The van der Waals surface area contributed by atoms with E-state index in [0.29, 0.717) is 11.2 Å². The number of hydrogen-bond acceptors (Lipinski definition) is 5. The molecular weight excluding hydrogens is 352 g/mol. The Balaban J connectivity index is 1.83. The molecule has 0 aliphatic carbocycles. The van der Waals surface area contributed by atoms with Gasteiger partial charge in [0.25, 0.3) is 5.56 Å². The summed E-state index contributed by atoms with van der Waals surface area (Å²) >= 11 is 0. The number of nitrogens with zero attached hydrogens (tertiary/aromatic N) is 4. The van der Waals surface area contributed by atoms with Crippen molar-refractivity contribution in [1.82, 2.24) is 9.38 Å². The highest BCUT2D eigenvalue weighted by Crippen LogP contribution is 2.22. The molecule has 0 radical (unpaired) electrons. The predicted molar refractivity (Wildman–Crippen MR) is 113 cm³/mol. The van der Waals surface area contributed by atoms with Crippen LogP contribution >= 0.6 is 0 Å². The molecule has 1 aliphatic rings. The molecule has 6 nitrogen and oxygen atoms in total. The number of pyridine rings is 1. The van der Waals surface area contributed by atoms with E-state index in [4.69, 9.17) is 9.72 Å². The molecule has 1 saturated heterocycles. The van der Waals surface area contributed by atoms with Gasteiger partial charge in [-0.05, 0) is 62.1 Å². The lowest BCUT2D eigenvalue weighted by atomic mass is 10.1. The Bertz CT molecular complexity index is 1060. The molecular formula is C22H24N4O2. The first kappa shape index (κ1) is 18.2.